The smallest absolute Gasteiger partial charge is 0.312 e. The van der Waals surface area contributed by atoms with E-state index in [0.717, 1.165) is 20.9 Å². The van der Waals surface area contributed by atoms with Gasteiger partial charge in [0.2, 0.25) is 5.88 Å². The summed E-state index contributed by atoms with van der Waals surface area (Å²) in [4.78, 5) is 8.03. The van der Waals surface area contributed by atoms with E-state index >= 15 is 0 Å². The first-order chi connectivity index (χ1) is 12.2. The minimum Gasteiger partial charge on any atom is -0.471 e. The molecule has 0 saturated carbocycles. The summed E-state index contributed by atoms with van der Waals surface area (Å²) in [5.41, 5.74) is 2.09. The van der Waals surface area contributed by atoms with Gasteiger partial charge in [-0.05, 0) is 42.3 Å². The van der Waals surface area contributed by atoms with Gasteiger partial charge in [0, 0.05) is 10.9 Å². The zero-order valence-corrected chi connectivity index (χ0v) is 18.2. The molecule has 0 amide bonds. The van der Waals surface area contributed by atoms with Gasteiger partial charge < -0.3 is 9.30 Å². The average molecular weight is 435 g/mol. The third kappa shape index (κ3) is 3.55. The van der Waals surface area contributed by atoms with Crippen molar-refractivity contribution in [1.82, 2.24) is 14.5 Å². The zero-order valence-electron chi connectivity index (χ0n) is 15.6. The summed E-state index contributed by atoms with van der Waals surface area (Å²) in [6, 6.07) is 9.79. The molecule has 3 rings (SSSR count). The first kappa shape index (κ1) is 19.0. The van der Waals surface area contributed by atoms with Crippen molar-refractivity contribution < 1.29 is 9.13 Å². The van der Waals surface area contributed by atoms with Gasteiger partial charge in [-0.3, -0.25) is 0 Å². The second-order valence-electron chi connectivity index (χ2n) is 7.44. The van der Waals surface area contributed by atoms with E-state index in [0.29, 0.717) is 12.1 Å². The molecule has 0 aliphatic carbocycles. The molecular weight excluding hydrogens is 413 g/mol. The van der Waals surface area contributed by atoms with Crippen molar-refractivity contribution in [2.45, 2.75) is 46.0 Å². The van der Waals surface area contributed by atoms with Crippen molar-refractivity contribution in [2.24, 2.45) is 0 Å². The minimum absolute atomic E-state index is 0.215. The van der Waals surface area contributed by atoms with Gasteiger partial charge in [0.05, 0.1) is 4.47 Å². The van der Waals surface area contributed by atoms with E-state index in [1.165, 1.54) is 0 Å². The highest BCUT2D eigenvalue weighted by Gasteiger charge is 2.30. The fraction of sp³-hybridized carbons (Fsp3) is 0.368. The molecule has 3 aromatic rings. The molecule has 0 unspecified atom stereocenters. The fourth-order valence-electron chi connectivity index (χ4n) is 3.03. The number of aromatic nitrogens is 3. The van der Waals surface area contributed by atoms with Crippen LogP contribution in [-0.4, -0.2) is 23.3 Å². The standard InChI is InChI=1S/C19H22BrFN3OSi/c1-19(2,3)24-15-14(13(20)17(24)26(4)5)22-18(21)23-16(15)25-11-12-9-7-6-8-10-12/h6-10H,11H2,1-5H3. The molecule has 2 heterocycles. The second-order valence-corrected chi connectivity index (χ2v) is 10.7. The molecule has 0 bridgehead atoms. The number of benzene rings is 1. The van der Waals surface area contributed by atoms with E-state index in [1.54, 1.807) is 0 Å². The molecule has 7 heteroatoms. The summed E-state index contributed by atoms with van der Waals surface area (Å²) in [5, 5.41) is 1.15. The molecule has 2 aromatic heterocycles. The predicted molar refractivity (Wildman–Crippen MR) is 108 cm³/mol. The Labute approximate surface area is 163 Å². The average Bonchev–Trinajstić information content (AvgIpc) is 2.87. The predicted octanol–water partition coefficient (Wildman–Crippen LogP) is 4.63. The first-order valence-corrected chi connectivity index (χ1v) is 11.7. The maximum atomic E-state index is 14.1. The van der Waals surface area contributed by atoms with Crippen LogP contribution in [0.25, 0.3) is 11.0 Å². The van der Waals surface area contributed by atoms with Crippen LogP contribution in [-0.2, 0) is 12.1 Å². The van der Waals surface area contributed by atoms with E-state index in [9.17, 15) is 4.39 Å². The summed E-state index contributed by atoms with van der Waals surface area (Å²) in [7, 11) is -0.841. The summed E-state index contributed by atoms with van der Waals surface area (Å²) in [5.74, 6) is 0.279. The number of ether oxygens (including phenoxy) is 1. The van der Waals surface area contributed by atoms with Crippen LogP contribution in [0.4, 0.5) is 4.39 Å². The molecule has 137 valence electrons. The van der Waals surface area contributed by atoms with Gasteiger partial charge in [-0.1, -0.05) is 43.4 Å². The molecule has 26 heavy (non-hydrogen) atoms. The molecule has 0 atom stereocenters. The van der Waals surface area contributed by atoms with Crippen LogP contribution in [0.15, 0.2) is 34.8 Å². The fourth-order valence-corrected chi connectivity index (χ4v) is 6.12. The highest BCUT2D eigenvalue weighted by atomic mass is 79.9. The van der Waals surface area contributed by atoms with Crippen molar-refractivity contribution in [1.29, 1.82) is 0 Å². The van der Waals surface area contributed by atoms with Crippen LogP contribution in [0.3, 0.4) is 0 Å². The number of hydrogen-bond donors (Lipinski definition) is 0. The van der Waals surface area contributed by atoms with Crippen molar-refractivity contribution in [3.05, 3.63) is 46.4 Å². The highest BCUT2D eigenvalue weighted by molar-refractivity contribution is 9.10. The Kier molecular flexibility index (Phi) is 5.21. The van der Waals surface area contributed by atoms with Gasteiger partial charge in [0.1, 0.15) is 26.4 Å². The Morgan fingerprint density at radius 3 is 2.38 bits per heavy atom. The molecule has 0 aliphatic heterocycles. The van der Waals surface area contributed by atoms with Gasteiger partial charge in [0.15, 0.2) is 0 Å². The van der Waals surface area contributed by atoms with Crippen LogP contribution in [0, 0.1) is 6.08 Å². The van der Waals surface area contributed by atoms with E-state index in [1.807, 2.05) is 30.3 Å². The highest BCUT2D eigenvalue weighted by Crippen LogP contribution is 2.34. The van der Waals surface area contributed by atoms with Gasteiger partial charge >= 0.3 is 6.08 Å². The molecule has 1 radical (unpaired) electrons. The zero-order chi connectivity index (χ0) is 19.1. The molecule has 0 N–H and O–H groups in total. The van der Waals surface area contributed by atoms with E-state index < -0.39 is 14.9 Å². The van der Waals surface area contributed by atoms with Crippen molar-refractivity contribution >= 4 is 41.1 Å². The van der Waals surface area contributed by atoms with Gasteiger partial charge in [0.25, 0.3) is 0 Å². The van der Waals surface area contributed by atoms with Gasteiger partial charge in [-0.2, -0.15) is 14.4 Å². The van der Waals surface area contributed by atoms with E-state index in [-0.39, 0.29) is 11.4 Å². The van der Waals surface area contributed by atoms with Crippen LogP contribution in [0.2, 0.25) is 13.1 Å². The lowest BCUT2D eigenvalue weighted by atomic mass is 10.1. The number of hydrogen-bond acceptors (Lipinski definition) is 3. The third-order valence-electron chi connectivity index (χ3n) is 4.05. The normalized spacial score (nSPS) is 12.2. The Bertz CT molecular complexity index is 936. The van der Waals surface area contributed by atoms with Gasteiger partial charge in [-0.15, -0.1) is 0 Å². The van der Waals surface area contributed by atoms with Crippen LogP contribution in [0.5, 0.6) is 5.88 Å². The Balaban J connectivity index is 2.21. The van der Waals surface area contributed by atoms with Crippen molar-refractivity contribution in [3.63, 3.8) is 0 Å². The van der Waals surface area contributed by atoms with E-state index in [4.69, 9.17) is 4.74 Å². The topological polar surface area (TPSA) is 39.9 Å². The Morgan fingerprint density at radius 2 is 1.81 bits per heavy atom. The minimum atomic E-state index is -0.841. The number of rotatable bonds is 4. The van der Waals surface area contributed by atoms with Crippen LogP contribution in [0.1, 0.15) is 26.3 Å². The Hall–Kier alpha value is -1.73. The summed E-state index contributed by atoms with van der Waals surface area (Å²) < 4.78 is 23.1. The SMILES string of the molecule is C[Si](C)c1c(Br)c2nc(F)nc(OCc3ccccc3)c2n1C(C)(C)C. The number of halogens is 2. The van der Waals surface area contributed by atoms with Crippen molar-refractivity contribution in [2.75, 3.05) is 0 Å². The molecule has 0 saturated heterocycles. The number of nitrogens with zero attached hydrogens (tertiary/aromatic N) is 3. The lowest BCUT2D eigenvalue weighted by Crippen LogP contribution is -2.39. The lowest BCUT2D eigenvalue weighted by Gasteiger charge is -2.27. The molecule has 0 spiro atoms. The monoisotopic (exact) mass is 434 g/mol. The molecular formula is C19H22BrFN3OSi. The molecule has 4 nitrogen and oxygen atoms in total. The maximum Gasteiger partial charge on any atom is 0.312 e. The molecule has 0 aliphatic rings. The summed E-state index contributed by atoms with van der Waals surface area (Å²) >= 11 is 3.65. The summed E-state index contributed by atoms with van der Waals surface area (Å²) in [6.07, 6.45) is -0.778. The molecule has 1 aromatic carbocycles. The number of fused-ring (bicyclic) bond motifs is 1. The first-order valence-electron chi connectivity index (χ1n) is 8.45. The molecule has 0 fully saturated rings. The van der Waals surface area contributed by atoms with Crippen LogP contribution >= 0.6 is 15.9 Å². The maximum absolute atomic E-state index is 14.1. The Morgan fingerprint density at radius 1 is 1.15 bits per heavy atom. The summed E-state index contributed by atoms with van der Waals surface area (Å²) in [6.45, 7) is 11.1. The van der Waals surface area contributed by atoms with Gasteiger partial charge in [-0.25, -0.2) is 0 Å². The van der Waals surface area contributed by atoms with E-state index in [2.05, 4.69) is 64.3 Å². The lowest BCUT2D eigenvalue weighted by molar-refractivity contribution is 0.288. The second kappa shape index (κ2) is 7.11. The largest absolute Gasteiger partial charge is 0.471 e. The van der Waals surface area contributed by atoms with Crippen molar-refractivity contribution in [3.8, 4) is 5.88 Å². The quantitative estimate of drug-likeness (QED) is 0.443. The van der Waals surface area contributed by atoms with Crippen LogP contribution < -0.4 is 10.1 Å². The third-order valence-corrected chi connectivity index (χ3v) is 6.59.